The Kier molecular flexibility index (Phi) is 8.39. The summed E-state index contributed by atoms with van der Waals surface area (Å²) in [6, 6.07) is 2.66. The van der Waals surface area contributed by atoms with Crippen molar-refractivity contribution in [3.63, 3.8) is 0 Å². The molecule has 1 saturated heterocycles. The molecule has 0 saturated carbocycles. The van der Waals surface area contributed by atoms with Gasteiger partial charge in [-0.25, -0.2) is 4.79 Å². The van der Waals surface area contributed by atoms with E-state index in [0.717, 1.165) is 24.1 Å². The van der Waals surface area contributed by atoms with E-state index in [2.05, 4.69) is 18.8 Å². The molecule has 1 aromatic heterocycles. The van der Waals surface area contributed by atoms with E-state index in [1.165, 1.54) is 22.3 Å². The van der Waals surface area contributed by atoms with Gasteiger partial charge in [-0.15, -0.1) is 23.2 Å². The minimum absolute atomic E-state index is 0.223. The second-order valence-electron chi connectivity index (χ2n) is 7.33. The first-order valence-electron chi connectivity index (χ1n) is 9.88. The Hall–Kier alpha value is -2.20. The third kappa shape index (κ3) is 6.67. The fraction of sp³-hybridized carbons (Fsp3) is 0.545. The molecular formula is C22H27F2NO3S. The number of carboxylic acid groups (broad SMARTS) is 1. The first-order valence-corrected chi connectivity index (χ1v) is 10.7. The van der Waals surface area contributed by atoms with E-state index in [1.807, 2.05) is 13.0 Å². The number of halogens is 2. The van der Waals surface area contributed by atoms with Gasteiger partial charge in [0.05, 0.1) is 6.04 Å². The van der Waals surface area contributed by atoms with Gasteiger partial charge in [0.1, 0.15) is 4.88 Å². The van der Waals surface area contributed by atoms with Crippen LogP contribution in [-0.4, -0.2) is 40.4 Å². The molecule has 158 valence electrons. The first kappa shape index (κ1) is 23.1. The fourth-order valence-electron chi connectivity index (χ4n) is 3.23. The molecule has 2 heterocycles. The summed E-state index contributed by atoms with van der Waals surface area (Å²) >= 11 is 1.17. The van der Waals surface area contributed by atoms with Crippen LogP contribution in [0.5, 0.6) is 0 Å². The van der Waals surface area contributed by atoms with E-state index >= 15 is 0 Å². The van der Waals surface area contributed by atoms with Crippen molar-refractivity contribution in [2.45, 2.75) is 64.3 Å². The molecule has 1 unspecified atom stereocenters. The molecule has 4 nitrogen and oxygen atoms in total. The Morgan fingerprint density at radius 2 is 2.21 bits per heavy atom. The van der Waals surface area contributed by atoms with Crippen molar-refractivity contribution in [2.75, 3.05) is 6.54 Å². The molecule has 2 rings (SSSR count). The van der Waals surface area contributed by atoms with Crippen molar-refractivity contribution in [1.29, 1.82) is 0 Å². The van der Waals surface area contributed by atoms with E-state index in [4.69, 9.17) is 5.11 Å². The molecule has 1 aliphatic rings. The third-order valence-corrected chi connectivity index (χ3v) is 5.92. The predicted molar refractivity (Wildman–Crippen MR) is 110 cm³/mol. The molecule has 1 fully saturated rings. The number of hydrogen-bond acceptors (Lipinski definition) is 3. The van der Waals surface area contributed by atoms with Crippen molar-refractivity contribution >= 4 is 23.2 Å². The number of aromatic carboxylic acids is 1. The van der Waals surface area contributed by atoms with Crippen LogP contribution in [0.25, 0.3) is 0 Å². The van der Waals surface area contributed by atoms with Crippen LogP contribution < -0.4 is 0 Å². The predicted octanol–water partition coefficient (Wildman–Crippen LogP) is 5.00. The van der Waals surface area contributed by atoms with Gasteiger partial charge in [-0.1, -0.05) is 26.0 Å². The van der Waals surface area contributed by atoms with Crippen LogP contribution in [0.15, 0.2) is 24.3 Å². The molecule has 7 heteroatoms. The normalized spacial score (nSPS) is 19.4. The standard InChI is InChI=1S/C22H27F2NO3S/c1-3-4-5-8-16(2)9-6-10-17-15-22(23,24)21(28)25(17)14-7-11-18-12-13-19(29-18)20(26)27/h6,10,12-13,16-17H,3,7-9,11,14-15H2,1-2H3,(H,26,27)/b10-6+/t16-,17?/m1/s1. The van der Waals surface area contributed by atoms with Gasteiger partial charge in [-0.2, -0.15) is 8.78 Å². The maximum atomic E-state index is 14.0. The molecule has 1 N–H and O–H groups in total. The van der Waals surface area contributed by atoms with Crippen LogP contribution in [-0.2, 0) is 11.2 Å². The molecule has 0 radical (unpaired) electrons. The summed E-state index contributed by atoms with van der Waals surface area (Å²) in [6.45, 7) is 4.28. The largest absolute Gasteiger partial charge is 0.477 e. The smallest absolute Gasteiger partial charge is 0.345 e. The highest BCUT2D eigenvalue weighted by Gasteiger charge is 2.52. The zero-order valence-electron chi connectivity index (χ0n) is 16.8. The lowest BCUT2D eigenvalue weighted by atomic mass is 10.0. The molecule has 2 atom stereocenters. The Bertz CT molecular complexity index is 806. The number of allylic oxidation sites excluding steroid dienone is 1. The molecule has 0 aromatic carbocycles. The number of carbonyl (C=O) groups excluding carboxylic acids is 1. The fourth-order valence-corrected chi connectivity index (χ4v) is 4.12. The summed E-state index contributed by atoms with van der Waals surface area (Å²) in [4.78, 5) is 25.4. The highest BCUT2D eigenvalue weighted by molar-refractivity contribution is 7.13. The number of aryl methyl sites for hydroxylation is 1. The van der Waals surface area contributed by atoms with Crippen LogP contribution in [0.4, 0.5) is 8.78 Å². The van der Waals surface area contributed by atoms with Gasteiger partial charge in [-0.3, -0.25) is 4.79 Å². The number of hydrogen-bond donors (Lipinski definition) is 1. The van der Waals surface area contributed by atoms with Crippen LogP contribution in [0, 0.1) is 17.8 Å². The van der Waals surface area contributed by atoms with E-state index in [0.29, 0.717) is 18.8 Å². The average Bonchev–Trinajstić information content (AvgIpc) is 3.20. The summed E-state index contributed by atoms with van der Waals surface area (Å²) in [6.07, 6.45) is 6.48. The van der Waals surface area contributed by atoms with Gasteiger partial charge in [0, 0.05) is 30.7 Å². The van der Waals surface area contributed by atoms with E-state index < -0.39 is 30.3 Å². The Balaban J connectivity index is 1.91. The molecule has 1 aromatic rings. The number of likely N-dealkylation sites (tertiary alicyclic amines) is 1. The summed E-state index contributed by atoms with van der Waals surface area (Å²) in [5.41, 5.74) is 0. The first-order chi connectivity index (χ1) is 13.7. The molecule has 1 amide bonds. The van der Waals surface area contributed by atoms with Crippen molar-refractivity contribution < 1.29 is 23.5 Å². The van der Waals surface area contributed by atoms with Crippen LogP contribution in [0.2, 0.25) is 0 Å². The quantitative estimate of drug-likeness (QED) is 0.449. The van der Waals surface area contributed by atoms with Gasteiger partial charge < -0.3 is 10.0 Å². The number of thiophene rings is 1. The van der Waals surface area contributed by atoms with Crippen molar-refractivity contribution in [2.24, 2.45) is 5.92 Å². The third-order valence-electron chi connectivity index (χ3n) is 4.78. The Morgan fingerprint density at radius 3 is 2.86 bits per heavy atom. The molecule has 1 aliphatic heterocycles. The minimum Gasteiger partial charge on any atom is -0.477 e. The van der Waals surface area contributed by atoms with Crippen molar-refractivity contribution in [3.05, 3.63) is 34.0 Å². The van der Waals surface area contributed by atoms with Crippen LogP contribution in [0.1, 0.15) is 60.5 Å². The lowest BCUT2D eigenvalue weighted by molar-refractivity contribution is -0.148. The van der Waals surface area contributed by atoms with Crippen LogP contribution >= 0.6 is 11.3 Å². The summed E-state index contributed by atoms with van der Waals surface area (Å²) in [5.74, 6) is 1.02. The minimum atomic E-state index is -3.33. The number of carboxylic acids is 1. The second-order valence-corrected chi connectivity index (χ2v) is 8.50. The van der Waals surface area contributed by atoms with Gasteiger partial charge in [-0.05, 0) is 37.3 Å². The Morgan fingerprint density at radius 1 is 1.45 bits per heavy atom. The highest BCUT2D eigenvalue weighted by Crippen LogP contribution is 2.34. The number of rotatable bonds is 9. The van der Waals surface area contributed by atoms with Gasteiger partial charge in [0.2, 0.25) is 0 Å². The number of nitrogens with zero attached hydrogens (tertiary/aromatic N) is 1. The van der Waals surface area contributed by atoms with Gasteiger partial charge in [0.15, 0.2) is 0 Å². The highest BCUT2D eigenvalue weighted by atomic mass is 32.1. The zero-order chi connectivity index (χ0) is 21.4. The number of amides is 1. The van der Waals surface area contributed by atoms with Gasteiger partial charge in [0.25, 0.3) is 5.91 Å². The second kappa shape index (κ2) is 10.5. The number of alkyl halides is 2. The lowest BCUT2D eigenvalue weighted by Gasteiger charge is -2.21. The SMILES string of the molecule is CCC#CC[C@@H](C)C/C=C/C1CC(F)(F)C(=O)N1CCCc1ccc(C(=O)O)s1. The van der Waals surface area contributed by atoms with Crippen molar-refractivity contribution in [3.8, 4) is 11.8 Å². The van der Waals surface area contributed by atoms with Gasteiger partial charge >= 0.3 is 11.9 Å². The zero-order valence-corrected chi connectivity index (χ0v) is 17.6. The topological polar surface area (TPSA) is 57.6 Å². The summed E-state index contributed by atoms with van der Waals surface area (Å²) < 4.78 is 27.9. The monoisotopic (exact) mass is 423 g/mol. The molecular weight excluding hydrogens is 396 g/mol. The summed E-state index contributed by atoms with van der Waals surface area (Å²) in [5, 5.41) is 8.96. The Labute approximate surface area is 174 Å². The van der Waals surface area contributed by atoms with E-state index in [-0.39, 0.29) is 11.4 Å². The van der Waals surface area contributed by atoms with E-state index in [9.17, 15) is 18.4 Å². The van der Waals surface area contributed by atoms with E-state index in [1.54, 1.807) is 12.1 Å². The molecule has 0 spiro atoms. The lowest BCUT2D eigenvalue weighted by Crippen LogP contribution is -2.36. The van der Waals surface area contributed by atoms with Crippen molar-refractivity contribution in [1.82, 2.24) is 4.90 Å². The molecule has 29 heavy (non-hydrogen) atoms. The average molecular weight is 424 g/mol. The molecule has 0 bridgehead atoms. The maximum absolute atomic E-state index is 14.0. The maximum Gasteiger partial charge on any atom is 0.345 e. The summed E-state index contributed by atoms with van der Waals surface area (Å²) in [7, 11) is 0. The molecule has 0 aliphatic carbocycles. The van der Waals surface area contributed by atoms with Crippen LogP contribution in [0.3, 0.4) is 0 Å². The number of carbonyl (C=O) groups is 2.